The van der Waals surface area contributed by atoms with Crippen molar-refractivity contribution in [1.29, 1.82) is 0 Å². The van der Waals surface area contributed by atoms with Gasteiger partial charge in [0.1, 0.15) is 5.82 Å². The van der Waals surface area contributed by atoms with Crippen molar-refractivity contribution in [2.75, 3.05) is 0 Å². The summed E-state index contributed by atoms with van der Waals surface area (Å²) in [7, 11) is 0. The molecule has 2 nitrogen and oxygen atoms in total. The van der Waals surface area contributed by atoms with Gasteiger partial charge in [-0.2, -0.15) is 0 Å². The van der Waals surface area contributed by atoms with Gasteiger partial charge < -0.3 is 0 Å². The summed E-state index contributed by atoms with van der Waals surface area (Å²) in [4.78, 5) is 4.50. The van der Waals surface area contributed by atoms with E-state index in [1.807, 2.05) is 24.5 Å². The fourth-order valence-corrected chi connectivity index (χ4v) is 2.04. The van der Waals surface area contributed by atoms with E-state index >= 15 is 0 Å². The van der Waals surface area contributed by atoms with Crippen LogP contribution in [0.3, 0.4) is 0 Å². The molecule has 0 aliphatic heterocycles. The van der Waals surface area contributed by atoms with E-state index in [2.05, 4.69) is 47.5 Å². The molecule has 0 amide bonds. The second-order valence-electron chi connectivity index (χ2n) is 4.38. The highest BCUT2D eigenvalue weighted by molar-refractivity contribution is 5.63. The molecule has 2 heterocycles. The molecule has 0 aliphatic rings. The molecule has 0 radical (unpaired) electrons. The van der Waals surface area contributed by atoms with Crippen molar-refractivity contribution >= 4 is 5.52 Å². The van der Waals surface area contributed by atoms with Crippen LogP contribution in [0.4, 0.5) is 0 Å². The predicted octanol–water partition coefficient (Wildman–Crippen LogP) is 3.62. The first kappa shape index (κ1) is 10.1. The van der Waals surface area contributed by atoms with E-state index in [0.29, 0.717) is 0 Å². The maximum Gasteiger partial charge on any atom is 0.144 e. The minimum absolute atomic E-state index is 1.00. The van der Waals surface area contributed by atoms with Crippen LogP contribution in [0.2, 0.25) is 0 Å². The number of hydrogen-bond acceptors (Lipinski definition) is 1. The third kappa shape index (κ3) is 1.62. The van der Waals surface area contributed by atoms with Crippen LogP contribution in [0.1, 0.15) is 11.1 Å². The monoisotopic (exact) mass is 222 g/mol. The van der Waals surface area contributed by atoms with Crippen molar-refractivity contribution in [2.24, 2.45) is 0 Å². The maximum atomic E-state index is 4.50. The largest absolute Gasteiger partial charge is 0.300 e. The third-order valence-electron chi connectivity index (χ3n) is 3.20. The van der Waals surface area contributed by atoms with Gasteiger partial charge in [0.05, 0.1) is 11.7 Å². The summed E-state index contributed by atoms with van der Waals surface area (Å²) in [6.07, 6.45) is 3.96. The van der Waals surface area contributed by atoms with Crippen LogP contribution in [0.15, 0.2) is 48.8 Å². The van der Waals surface area contributed by atoms with E-state index in [1.54, 1.807) is 0 Å². The first-order valence-electron chi connectivity index (χ1n) is 5.75. The zero-order valence-corrected chi connectivity index (χ0v) is 10.0. The highest BCUT2D eigenvalue weighted by Crippen LogP contribution is 2.22. The molecule has 0 spiro atoms. The lowest BCUT2D eigenvalue weighted by Crippen LogP contribution is -1.90. The molecule has 0 bridgehead atoms. The minimum atomic E-state index is 1.00. The molecule has 17 heavy (non-hydrogen) atoms. The van der Waals surface area contributed by atoms with Crippen molar-refractivity contribution < 1.29 is 0 Å². The third-order valence-corrected chi connectivity index (χ3v) is 3.20. The quantitative estimate of drug-likeness (QED) is 0.614. The predicted molar refractivity (Wildman–Crippen MR) is 70.1 cm³/mol. The Hall–Kier alpha value is -2.09. The molecule has 0 aliphatic carbocycles. The Balaban J connectivity index is 2.24. The number of aryl methyl sites for hydroxylation is 2. The van der Waals surface area contributed by atoms with Gasteiger partial charge in [-0.1, -0.05) is 18.2 Å². The molecule has 3 aromatic rings. The van der Waals surface area contributed by atoms with Crippen LogP contribution in [-0.2, 0) is 0 Å². The van der Waals surface area contributed by atoms with E-state index in [4.69, 9.17) is 0 Å². The Morgan fingerprint density at radius 1 is 1.00 bits per heavy atom. The number of imidazole rings is 1. The van der Waals surface area contributed by atoms with Crippen molar-refractivity contribution in [3.63, 3.8) is 0 Å². The van der Waals surface area contributed by atoms with Crippen LogP contribution in [0, 0.1) is 13.8 Å². The molecule has 84 valence electrons. The molecule has 0 N–H and O–H groups in total. The number of fused-ring (bicyclic) bond motifs is 1. The standard InChI is InChI=1S/C15H14N2/c1-11-6-7-13(9-12(11)2)15-16-10-14-5-3-4-8-17(14)15/h3-10H,1-2H3. The van der Waals surface area contributed by atoms with Crippen LogP contribution in [-0.4, -0.2) is 9.38 Å². The average Bonchev–Trinajstić information content (AvgIpc) is 2.76. The Kier molecular flexibility index (Phi) is 2.22. The molecule has 0 atom stereocenters. The second kappa shape index (κ2) is 3.74. The van der Waals surface area contributed by atoms with E-state index in [9.17, 15) is 0 Å². The topological polar surface area (TPSA) is 17.3 Å². The minimum Gasteiger partial charge on any atom is -0.300 e. The first-order chi connectivity index (χ1) is 8.25. The van der Waals surface area contributed by atoms with Crippen LogP contribution >= 0.6 is 0 Å². The van der Waals surface area contributed by atoms with E-state index in [-0.39, 0.29) is 0 Å². The summed E-state index contributed by atoms with van der Waals surface area (Å²) in [5.74, 6) is 1.00. The molecule has 2 heteroatoms. The lowest BCUT2D eigenvalue weighted by molar-refractivity contribution is 1.16. The van der Waals surface area contributed by atoms with Crippen molar-refractivity contribution in [1.82, 2.24) is 9.38 Å². The Labute approximate surface area is 101 Å². The molecule has 2 aromatic heterocycles. The van der Waals surface area contributed by atoms with Gasteiger partial charge in [-0.15, -0.1) is 0 Å². The molecule has 0 fully saturated rings. The summed E-state index contributed by atoms with van der Waals surface area (Å²) in [5.41, 5.74) is 4.91. The van der Waals surface area contributed by atoms with E-state index < -0.39 is 0 Å². The number of aromatic nitrogens is 2. The van der Waals surface area contributed by atoms with Gasteiger partial charge in [-0.05, 0) is 43.2 Å². The summed E-state index contributed by atoms with van der Waals surface area (Å²) in [6, 6.07) is 12.6. The second-order valence-corrected chi connectivity index (χ2v) is 4.38. The van der Waals surface area contributed by atoms with Gasteiger partial charge in [0, 0.05) is 11.8 Å². The molecule has 1 aromatic carbocycles. The summed E-state index contributed by atoms with van der Waals surface area (Å²) in [5, 5.41) is 0. The normalized spacial score (nSPS) is 10.9. The fraction of sp³-hybridized carbons (Fsp3) is 0.133. The maximum absolute atomic E-state index is 4.50. The van der Waals surface area contributed by atoms with Gasteiger partial charge in [0.25, 0.3) is 0 Å². The first-order valence-corrected chi connectivity index (χ1v) is 5.75. The highest BCUT2D eigenvalue weighted by Gasteiger charge is 2.06. The van der Waals surface area contributed by atoms with Gasteiger partial charge in [0.2, 0.25) is 0 Å². The number of nitrogens with zero attached hydrogens (tertiary/aromatic N) is 2. The SMILES string of the molecule is Cc1ccc(-c2ncc3ccccn23)cc1C. The summed E-state index contributed by atoms with van der Waals surface area (Å²) >= 11 is 0. The molecule has 3 rings (SSSR count). The fourth-order valence-electron chi connectivity index (χ4n) is 2.04. The Bertz CT molecular complexity index is 680. The van der Waals surface area contributed by atoms with Gasteiger partial charge >= 0.3 is 0 Å². The van der Waals surface area contributed by atoms with Crippen LogP contribution in [0.25, 0.3) is 16.9 Å². The lowest BCUT2D eigenvalue weighted by Gasteiger charge is -2.04. The number of benzene rings is 1. The van der Waals surface area contributed by atoms with Crippen molar-refractivity contribution in [3.8, 4) is 11.4 Å². The Morgan fingerprint density at radius 2 is 1.88 bits per heavy atom. The lowest BCUT2D eigenvalue weighted by atomic mass is 10.1. The highest BCUT2D eigenvalue weighted by atomic mass is 15.0. The van der Waals surface area contributed by atoms with E-state index in [1.165, 1.54) is 16.7 Å². The van der Waals surface area contributed by atoms with Crippen molar-refractivity contribution in [2.45, 2.75) is 13.8 Å². The molecular formula is C15H14N2. The Morgan fingerprint density at radius 3 is 2.71 bits per heavy atom. The van der Waals surface area contributed by atoms with E-state index in [0.717, 1.165) is 11.3 Å². The number of rotatable bonds is 1. The van der Waals surface area contributed by atoms with Gasteiger partial charge in [0.15, 0.2) is 0 Å². The van der Waals surface area contributed by atoms with Gasteiger partial charge in [-0.3, -0.25) is 4.40 Å². The van der Waals surface area contributed by atoms with Crippen LogP contribution in [0.5, 0.6) is 0 Å². The number of pyridine rings is 1. The molecule has 0 saturated carbocycles. The number of hydrogen-bond donors (Lipinski definition) is 0. The molecule has 0 unspecified atom stereocenters. The smallest absolute Gasteiger partial charge is 0.144 e. The van der Waals surface area contributed by atoms with Crippen LogP contribution < -0.4 is 0 Å². The zero-order valence-electron chi connectivity index (χ0n) is 10.0. The summed E-state index contributed by atoms with van der Waals surface area (Å²) in [6.45, 7) is 4.26. The molecular weight excluding hydrogens is 208 g/mol. The molecule has 0 saturated heterocycles. The summed E-state index contributed by atoms with van der Waals surface area (Å²) < 4.78 is 2.12. The van der Waals surface area contributed by atoms with Gasteiger partial charge in [-0.25, -0.2) is 4.98 Å². The zero-order chi connectivity index (χ0) is 11.8. The average molecular weight is 222 g/mol. The van der Waals surface area contributed by atoms with Crippen molar-refractivity contribution in [3.05, 3.63) is 59.9 Å².